The monoisotopic (exact) mass is 354 g/mol. The van der Waals surface area contributed by atoms with Gasteiger partial charge in [-0.1, -0.05) is 13.8 Å². The van der Waals surface area contributed by atoms with Crippen molar-refractivity contribution in [3.8, 4) is 0 Å². The summed E-state index contributed by atoms with van der Waals surface area (Å²) in [6, 6.07) is 1.26. The molecule has 2 N–H and O–H groups in total. The number of fused-ring (bicyclic) bond motifs is 1. The Kier molecular flexibility index (Phi) is 4.48. The zero-order chi connectivity index (χ0) is 17.6. The van der Waals surface area contributed by atoms with E-state index in [-0.39, 0.29) is 12.3 Å². The summed E-state index contributed by atoms with van der Waals surface area (Å²) in [5, 5.41) is 5.20. The summed E-state index contributed by atoms with van der Waals surface area (Å²) in [4.78, 5) is 30.6. The minimum Gasteiger partial charge on any atom is -0.278 e. The van der Waals surface area contributed by atoms with Gasteiger partial charge in [0, 0.05) is 6.20 Å². The van der Waals surface area contributed by atoms with Crippen molar-refractivity contribution >= 4 is 29.2 Å². The predicted molar refractivity (Wildman–Crippen MR) is 88.6 cm³/mol. The number of anilines is 1. The Morgan fingerprint density at radius 3 is 2.79 bits per heavy atom. The highest BCUT2D eigenvalue weighted by atomic mass is 35.5. The Morgan fingerprint density at radius 1 is 1.42 bits per heavy atom. The molecule has 130 valence electrons. The highest BCUT2D eigenvalue weighted by molar-refractivity contribution is 6.21. The lowest BCUT2D eigenvalue weighted by atomic mass is 9.90. The quantitative estimate of drug-likeness (QED) is 0.632. The van der Waals surface area contributed by atoms with E-state index in [1.54, 1.807) is 12.3 Å². The van der Waals surface area contributed by atoms with E-state index < -0.39 is 35.7 Å². The van der Waals surface area contributed by atoms with Crippen molar-refractivity contribution < 1.29 is 14.0 Å². The second-order valence-corrected chi connectivity index (χ2v) is 7.02. The molecule has 2 fully saturated rings. The highest BCUT2D eigenvalue weighted by Crippen LogP contribution is 2.36. The van der Waals surface area contributed by atoms with Crippen molar-refractivity contribution in [3.63, 3.8) is 0 Å². The van der Waals surface area contributed by atoms with E-state index in [2.05, 4.69) is 15.6 Å². The van der Waals surface area contributed by atoms with E-state index in [9.17, 15) is 14.0 Å². The van der Waals surface area contributed by atoms with Gasteiger partial charge in [-0.2, -0.15) is 0 Å². The van der Waals surface area contributed by atoms with Crippen LogP contribution in [-0.4, -0.2) is 34.8 Å². The fourth-order valence-electron chi connectivity index (χ4n) is 3.31. The van der Waals surface area contributed by atoms with Gasteiger partial charge in [0.1, 0.15) is 17.8 Å². The SMILES string of the molecule is Cc1ccnc(C(C)C)c1N1C(=O)NC(=O)C2CC(F)C(Cl)NC21. The van der Waals surface area contributed by atoms with E-state index in [1.807, 2.05) is 20.8 Å². The van der Waals surface area contributed by atoms with Crippen LogP contribution >= 0.6 is 11.6 Å². The second-order valence-electron chi connectivity index (χ2n) is 6.55. The molecule has 2 saturated heterocycles. The van der Waals surface area contributed by atoms with Gasteiger partial charge in [-0.15, -0.1) is 11.6 Å². The van der Waals surface area contributed by atoms with Crippen LogP contribution < -0.4 is 15.5 Å². The van der Waals surface area contributed by atoms with Crippen LogP contribution in [0.3, 0.4) is 0 Å². The number of carbonyl (C=O) groups is 2. The lowest BCUT2D eigenvalue weighted by Crippen LogP contribution is -2.70. The van der Waals surface area contributed by atoms with Crippen molar-refractivity contribution in [3.05, 3.63) is 23.5 Å². The summed E-state index contributed by atoms with van der Waals surface area (Å²) < 4.78 is 13.9. The van der Waals surface area contributed by atoms with Gasteiger partial charge in [-0.25, -0.2) is 9.18 Å². The van der Waals surface area contributed by atoms with Crippen molar-refractivity contribution in [2.24, 2.45) is 5.92 Å². The normalized spacial score (nSPS) is 30.3. The van der Waals surface area contributed by atoms with E-state index >= 15 is 0 Å². The number of urea groups is 1. The first kappa shape index (κ1) is 17.1. The first-order valence-corrected chi connectivity index (χ1v) is 8.38. The number of pyridine rings is 1. The lowest BCUT2D eigenvalue weighted by molar-refractivity contribution is -0.127. The smallest absolute Gasteiger partial charge is 0.278 e. The zero-order valence-electron chi connectivity index (χ0n) is 13.7. The Hall–Kier alpha value is -1.73. The minimum atomic E-state index is -1.35. The van der Waals surface area contributed by atoms with E-state index in [4.69, 9.17) is 11.6 Å². The first-order valence-electron chi connectivity index (χ1n) is 7.95. The molecule has 8 heteroatoms. The molecule has 2 aliphatic rings. The maximum absolute atomic E-state index is 13.9. The number of amides is 3. The number of hydrogen-bond acceptors (Lipinski definition) is 4. The van der Waals surface area contributed by atoms with Crippen molar-refractivity contribution in [2.45, 2.75) is 50.9 Å². The molecule has 3 heterocycles. The maximum atomic E-state index is 13.9. The van der Waals surface area contributed by atoms with Crippen LogP contribution in [0.1, 0.15) is 37.4 Å². The Morgan fingerprint density at radius 2 is 2.12 bits per heavy atom. The molecule has 3 amide bonds. The van der Waals surface area contributed by atoms with Crippen LogP contribution in [0.25, 0.3) is 0 Å². The van der Waals surface area contributed by atoms with Crippen molar-refractivity contribution in [1.82, 2.24) is 15.6 Å². The molecular weight excluding hydrogens is 335 g/mol. The molecule has 4 atom stereocenters. The van der Waals surface area contributed by atoms with Gasteiger partial charge < -0.3 is 0 Å². The van der Waals surface area contributed by atoms with Crippen LogP contribution in [-0.2, 0) is 4.79 Å². The number of nitrogens with one attached hydrogen (secondary N) is 2. The van der Waals surface area contributed by atoms with Crippen LogP contribution in [0.2, 0.25) is 0 Å². The van der Waals surface area contributed by atoms with Crippen LogP contribution in [0.4, 0.5) is 14.9 Å². The average molecular weight is 355 g/mol. The number of nitrogens with zero attached hydrogens (tertiary/aromatic N) is 2. The van der Waals surface area contributed by atoms with Gasteiger partial charge in [0.25, 0.3) is 0 Å². The molecule has 1 aromatic rings. The van der Waals surface area contributed by atoms with Gasteiger partial charge in [0.2, 0.25) is 5.91 Å². The lowest BCUT2D eigenvalue weighted by Gasteiger charge is -2.46. The number of piperidine rings is 1. The Labute approximate surface area is 144 Å². The second kappa shape index (κ2) is 6.29. The molecule has 0 aromatic carbocycles. The third-order valence-electron chi connectivity index (χ3n) is 4.51. The zero-order valence-corrected chi connectivity index (χ0v) is 14.5. The summed E-state index contributed by atoms with van der Waals surface area (Å²) in [5.41, 5.74) is 1.29. The Balaban J connectivity index is 2.09. The topological polar surface area (TPSA) is 74.3 Å². The van der Waals surface area contributed by atoms with E-state index in [1.165, 1.54) is 4.90 Å². The fourth-order valence-corrected chi connectivity index (χ4v) is 3.54. The number of alkyl halides is 2. The van der Waals surface area contributed by atoms with Crippen LogP contribution in [0.15, 0.2) is 12.3 Å². The third-order valence-corrected chi connectivity index (χ3v) is 4.91. The number of rotatable bonds is 2. The standard InChI is InChI=1S/C16H20ClFN4O2/c1-7(2)11-12(8(3)4-5-19-11)22-14-9(15(23)21-16(22)24)6-10(18)13(17)20-14/h4-5,7,9-10,13-14,20H,6H2,1-3H3,(H,21,23,24). The summed E-state index contributed by atoms with van der Waals surface area (Å²) in [7, 11) is 0. The minimum absolute atomic E-state index is 0.0300. The van der Waals surface area contributed by atoms with Gasteiger partial charge in [-0.05, 0) is 30.9 Å². The van der Waals surface area contributed by atoms with Crippen molar-refractivity contribution in [2.75, 3.05) is 4.90 Å². The molecule has 1 aromatic heterocycles. The molecule has 0 radical (unpaired) electrons. The molecule has 0 bridgehead atoms. The fraction of sp³-hybridized carbons (Fsp3) is 0.562. The summed E-state index contributed by atoms with van der Waals surface area (Å²) in [6.45, 7) is 5.83. The van der Waals surface area contributed by atoms with Gasteiger partial charge in [0.15, 0.2) is 0 Å². The molecule has 0 spiro atoms. The largest absolute Gasteiger partial charge is 0.329 e. The third kappa shape index (κ3) is 2.75. The number of halogens is 2. The Bertz CT molecular complexity index is 684. The van der Waals surface area contributed by atoms with Crippen LogP contribution in [0, 0.1) is 12.8 Å². The van der Waals surface area contributed by atoms with E-state index in [0.717, 1.165) is 11.3 Å². The van der Waals surface area contributed by atoms with E-state index in [0.29, 0.717) is 5.69 Å². The highest BCUT2D eigenvalue weighted by Gasteiger charge is 2.49. The number of hydrogen-bond donors (Lipinski definition) is 2. The number of imide groups is 1. The van der Waals surface area contributed by atoms with Crippen LogP contribution in [0.5, 0.6) is 0 Å². The molecule has 0 saturated carbocycles. The predicted octanol–water partition coefficient (Wildman–Crippen LogP) is 2.41. The number of carbonyl (C=O) groups excluding carboxylic acids is 2. The summed E-state index contributed by atoms with van der Waals surface area (Å²) in [5.74, 6) is -1.10. The number of aryl methyl sites for hydroxylation is 1. The molecule has 6 nitrogen and oxygen atoms in total. The van der Waals surface area contributed by atoms with Gasteiger partial charge in [0.05, 0.1) is 17.3 Å². The molecule has 4 unspecified atom stereocenters. The maximum Gasteiger partial charge on any atom is 0.329 e. The van der Waals surface area contributed by atoms with Crippen molar-refractivity contribution in [1.29, 1.82) is 0 Å². The molecule has 24 heavy (non-hydrogen) atoms. The molecule has 3 rings (SSSR count). The molecule has 0 aliphatic carbocycles. The first-order chi connectivity index (χ1) is 11.3. The van der Waals surface area contributed by atoms with Gasteiger partial charge in [-0.3, -0.25) is 25.3 Å². The molecular formula is C16H20ClFN4O2. The summed E-state index contributed by atoms with van der Waals surface area (Å²) >= 11 is 6.01. The van der Waals surface area contributed by atoms with Gasteiger partial charge >= 0.3 is 6.03 Å². The molecule has 2 aliphatic heterocycles. The summed E-state index contributed by atoms with van der Waals surface area (Å²) in [6.07, 6.45) is -0.387. The number of aromatic nitrogens is 1. The average Bonchev–Trinajstić information content (AvgIpc) is 2.50.